The van der Waals surface area contributed by atoms with Crippen LogP contribution in [0.5, 0.6) is 0 Å². The summed E-state index contributed by atoms with van der Waals surface area (Å²) in [6.07, 6.45) is 4.82. The molecular weight excluding hydrogens is 256 g/mol. The highest BCUT2D eigenvalue weighted by molar-refractivity contribution is 5.78. The molecule has 20 heavy (non-hydrogen) atoms. The molecule has 1 saturated heterocycles. The van der Waals surface area contributed by atoms with Crippen LogP contribution in [0.15, 0.2) is 18.5 Å². The smallest absolute Gasteiger partial charge is 0.311 e. The van der Waals surface area contributed by atoms with Gasteiger partial charge in [0.1, 0.15) is 5.52 Å². The van der Waals surface area contributed by atoms with Crippen LogP contribution in [0.3, 0.4) is 0 Å². The molecule has 6 heteroatoms. The van der Waals surface area contributed by atoms with Crippen molar-refractivity contribution in [1.29, 1.82) is 0 Å². The van der Waals surface area contributed by atoms with E-state index >= 15 is 0 Å². The third-order valence-corrected chi connectivity index (χ3v) is 4.28. The quantitative estimate of drug-likeness (QED) is 0.923. The molecule has 1 atom stereocenters. The zero-order chi connectivity index (χ0) is 14.3. The van der Waals surface area contributed by atoms with E-state index in [9.17, 15) is 9.90 Å². The first-order chi connectivity index (χ1) is 9.55. The van der Waals surface area contributed by atoms with Crippen LogP contribution in [0.4, 0.5) is 5.82 Å². The number of carbonyl (C=O) groups is 1. The molecule has 3 rings (SSSR count). The van der Waals surface area contributed by atoms with Crippen molar-refractivity contribution in [2.75, 3.05) is 18.0 Å². The third-order valence-electron chi connectivity index (χ3n) is 4.28. The lowest BCUT2D eigenvalue weighted by atomic mass is 9.84. The number of aliphatic carboxylic acids is 1. The Kier molecular flexibility index (Phi) is 2.88. The van der Waals surface area contributed by atoms with Gasteiger partial charge in [-0.2, -0.15) is 5.10 Å². The van der Waals surface area contributed by atoms with Gasteiger partial charge in [-0.3, -0.25) is 4.79 Å². The summed E-state index contributed by atoms with van der Waals surface area (Å²) in [5.74, 6) is 0.115. The summed E-state index contributed by atoms with van der Waals surface area (Å²) >= 11 is 0. The molecule has 2 aromatic rings. The molecule has 6 nitrogen and oxygen atoms in total. The molecule has 0 aliphatic carbocycles. The van der Waals surface area contributed by atoms with Gasteiger partial charge in [0.05, 0.1) is 11.1 Å². The second-order valence-corrected chi connectivity index (χ2v) is 5.48. The van der Waals surface area contributed by atoms with Crippen LogP contribution in [-0.4, -0.2) is 38.8 Å². The molecule has 1 aliphatic rings. The Hall–Kier alpha value is -2.11. The van der Waals surface area contributed by atoms with Gasteiger partial charge in [0.25, 0.3) is 0 Å². The highest BCUT2D eigenvalue weighted by Crippen LogP contribution is 2.37. The number of fused-ring (bicyclic) bond motifs is 1. The first-order valence-electron chi connectivity index (χ1n) is 6.85. The average molecular weight is 274 g/mol. The number of carboxylic acids is 1. The molecule has 1 N–H and O–H groups in total. The van der Waals surface area contributed by atoms with E-state index in [1.54, 1.807) is 10.7 Å². The molecule has 1 aliphatic heterocycles. The average Bonchev–Trinajstić information content (AvgIpc) is 3.01. The molecule has 0 amide bonds. The van der Waals surface area contributed by atoms with Crippen molar-refractivity contribution < 1.29 is 9.90 Å². The van der Waals surface area contributed by atoms with E-state index in [0.717, 1.165) is 23.6 Å². The molecule has 106 valence electrons. The Bertz CT molecular complexity index is 666. The van der Waals surface area contributed by atoms with Crippen molar-refractivity contribution in [3.8, 4) is 0 Å². The summed E-state index contributed by atoms with van der Waals surface area (Å²) in [6.45, 7) is 5.11. The Labute approximate surface area is 117 Å². The molecule has 0 saturated carbocycles. The number of hydrogen-bond donors (Lipinski definition) is 1. The van der Waals surface area contributed by atoms with E-state index in [0.29, 0.717) is 19.4 Å². The Balaban J connectivity index is 1.99. The fraction of sp³-hybridized carbons (Fsp3) is 0.500. The third kappa shape index (κ3) is 1.83. The lowest BCUT2D eigenvalue weighted by Crippen LogP contribution is -2.34. The van der Waals surface area contributed by atoms with Crippen molar-refractivity contribution >= 4 is 17.3 Å². The predicted molar refractivity (Wildman–Crippen MR) is 74.9 cm³/mol. The maximum atomic E-state index is 11.5. The Morgan fingerprint density at radius 1 is 1.55 bits per heavy atom. The van der Waals surface area contributed by atoms with Crippen molar-refractivity contribution in [2.45, 2.75) is 26.7 Å². The first kappa shape index (κ1) is 12.9. The Morgan fingerprint density at radius 3 is 3.00 bits per heavy atom. The van der Waals surface area contributed by atoms with E-state index < -0.39 is 11.4 Å². The van der Waals surface area contributed by atoms with Crippen LogP contribution >= 0.6 is 0 Å². The summed E-state index contributed by atoms with van der Waals surface area (Å²) < 4.78 is 1.80. The zero-order valence-electron chi connectivity index (χ0n) is 11.7. The fourth-order valence-corrected chi connectivity index (χ4v) is 2.94. The standard InChI is InChI=1S/C14H18N4O2/c1-3-14(13(19)20)4-6-17(9-14)12-11-8-10(2)16-18(11)7-5-15-12/h5,7-8H,3-4,6,9H2,1-2H3,(H,19,20). The van der Waals surface area contributed by atoms with E-state index in [-0.39, 0.29) is 0 Å². The summed E-state index contributed by atoms with van der Waals surface area (Å²) in [7, 11) is 0. The summed E-state index contributed by atoms with van der Waals surface area (Å²) in [4.78, 5) is 18.0. The van der Waals surface area contributed by atoms with Crippen LogP contribution < -0.4 is 4.90 Å². The zero-order valence-corrected chi connectivity index (χ0v) is 11.7. The van der Waals surface area contributed by atoms with Crippen LogP contribution in [0, 0.1) is 12.3 Å². The summed E-state index contributed by atoms with van der Waals surface area (Å²) in [5, 5.41) is 13.9. The van der Waals surface area contributed by atoms with Crippen LogP contribution in [0.1, 0.15) is 25.5 Å². The number of rotatable bonds is 3. The Morgan fingerprint density at radius 2 is 2.35 bits per heavy atom. The molecule has 3 heterocycles. The van der Waals surface area contributed by atoms with Crippen molar-refractivity contribution in [1.82, 2.24) is 14.6 Å². The number of hydrogen-bond acceptors (Lipinski definition) is 4. The predicted octanol–water partition coefficient (Wildman–Crippen LogP) is 1.73. The van der Waals surface area contributed by atoms with Crippen LogP contribution in [0.2, 0.25) is 0 Å². The van der Waals surface area contributed by atoms with Gasteiger partial charge >= 0.3 is 5.97 Å². The highest BCUT2D eigenvalue weighted by Gasteiger charge is 2.44. The molecule has 0 aromatic carbocycles. The van der Waals surface area contributed by atoms with Gasteiger partial charge in [-0.15, -0.1) is 0 Å². The molecule has 0 bridgehead atoms. The lowest BCUT2D eigenvalue weighted by molar-refractivity contribution is -0.147. The minimum Gasteiger partial charge on any atom is -0.481 e. The van der Waals surface area contributed by atoms with E-state index in [4.69, 9.17) is 0 Å². The molecule has 2 aromatic heterocycles. The van der Waals surface area contributed by atoms with Gasteiger partial charge in [-0.25, -0.2) is 9.50 Å². The van der Waals surface area contributed by atoms with E-state index in [1.807, 2.05) is 26.1 Å². The SMILES string of the molecule is CCC1(C(=O)O)CCN(c2nccn3nc(C)cc23)C1. The normalized spacial score (nSPS) is 22.6. The molecule has 1 fully saturated rings. The van der Waals surface area contributed by atoms with Crippen LogP contribution in [-0.2, 0) is 4.79 Å². The summed E-state index contributed by atoms with van der Waals surface area (Å²) in [5.41, 5.74) is 1.21. The number of aryl methyl sites for hydroxylation is 1. The minimum atomic E-state index is -0.709. The molecule has 1 unspecified atom stereocenters. The number of anilines is 1. The van der Waals surface area contributed by atoms with Gasteiger partial charge < -0.3 is 10.0 Å². The highest BCUT2D eigenvalue weighted by atomic mass is 16.4. The first-order valence-corrected chi connectivity index (χ1v) is 6.85. The lowest BCUT2D eigenvalue weighted by Gasteiger charge is -2.23. The van der Waals surface area contributed by atoms with Crippen molar-refractivity contribution in [3.05, 3.63) is 24.2 Å². The van der Waals surface area contributed by atoms with Crippen molar-refractivity contribution in [3.63, 3.8) is 0 Å². The maximum absolute atomic E-state index is 11.5. The van der Waals surface area contributed by atoms with E-state index in [1.165, 1.54) is 0 Å². The largest absolute Gasteiger partial charge is 0.481 e. The minimum absolute atomic E-state index is 0.510. The van der Waals surface area contributed by atoms with Gasteiger partial charge in [-0.05, 0) is 25.8 Å². The second-order valence-electron chi connectivity index (χ2n) is 5.48. The number of carboxylic acid groups (broad SMARTS) is 1. The monoisotopic (exact) mass is 274 g/mol. The van der Waals surface area contributed by atoms with Crippen molar-refractivity contribution in [2.24, 2.45) is 5.41 Å². The van der Waals surface area contributed by atoms with Crippen LogP contribution in [0.25, 0.3) is 5.52 Å². The van der Waals surface area contributed by atoms with Gasteiger partial charge in [0.15, 0.2) is 5.82 Å². The fourth-order valence-electron chi connectivity index (χ4n) is 2.94. The maximum Gasteiger partial charge on any atom is 0.311 e. The summed E-state index contributed by atoms with van der Waals surface area (Å²) in [6, 6.07) is 1.98. The molecular formula is C14H18N4O2. The topological polar surface area (TPSA) is 70.7 Å². The molecule has 0 spiro atoms. The number of nitrogens with zero attached hydrogens (tertiary/aromatic N) is 4. The van der Waals surface area contributed by atoms with Gasteiger partial charge in [-0.1, -0.05) is 6.92 Å². The molecule has 0 radical (unpaired) electrons. The van der Waals surface area contributed by atoms with Gasteiger partial charge in [0.2, 0.25) is 0 Å². The van der Waals surface area contributed by atoms with Gasteiger partial charge in [0, 0.05) is 25.5 Å². The second kappa shape index (κ2) is 4.47. The number of aromatic nitrogens is 3. The van der Waals surface area contributed by atoms with E-state index in [2.05, 4.69) is 15.0 Å².